The molecular weight excluding hydrogens is 311 g/mol. The third kappa shape index (κ3) is 2.44. The number of nitrogens with one attached hydrogen (secondary N) is 1. The maximum Gasteiger partial charge on any atom is 0.174 e. The SMILES string of the molecule is Nc1nn(C2CCNCC2)c2cc(-c3cc(F)ccc3O)nnc12. The first-order valence-electron chi connectivity index (χ1n) is 7.84. The van der Waals surface area contributed by atoms with E-state index in [1.165, 1.54) is 18.2 Å². The summed E-state index contributed by atoms with van der Waals surface area (Å²) in [7, 11) is 0. The van der Waals surface area contributed by atoms with Crippen molar-refractivity contribution in [2.24, 2.45) is 0 Å². The first-order valence-corrected chi connectivity index (χ1v) is 7.84. The van der Waals surface area contributed by atoms with Crippen LogP contribution in [0.15, 0.2) is 24.3 Å². The van der Waals surface area contributed by atoms with E-state index in [1.54, 1.807) is 6.07 Å². The second-order valence-electron chi connectivity index (χ2n) is 5.94. The summed E-state index contributed by atoms with van der Waals surface area (Å²) >= 11 is 0. The molecule has 3 aromatic rings. The number of aromatic hydroxyl groups is 1. The van der Waals surface area contributed by atoms with Crippen LogP contribution in [0.3, 0.4) is 0 Å². The third-order valence-corrected chi connectivity index (χ3v) is 4.37. The van der Waals surface area contributed by atoms with Crippen LogP contribution in [0.5, 0.6) is 5.75 Å². The average molecular weight is 328 g/mol. The standard InChI is InChI=1S/C16H17FN6O/c17-9-1-2-14(24)11(7-9)12-8-13-15(21-20-12)16(18)22-23(13)10-3-5-19-6-4-10/h1-2,7-8,10,19,24H,3-6H2,(H2,18,22). The molecule has 0 radical (unpaired) electrons. The number of halogens is 1. The average Bonchev–Trinajstić information content (AvgIpc) is 2.94. The largest absolute Gasteiger partial charge is 0.507 e. The van der Waals surface area contributed by atoms with Gasteiger partial charge < -0.3 is 16.2 Å². The van der Waals surface area contributed by atoms with Gasteiger partial charge >= 0.3 is 0 Å². The van der Waals surface area contributed by atoms with Crippen molar-refractivity contribution < 1.29 is 9.50 Å². The van der Waals surface area contributed by atoms with E-state index in [2.05, 4.69) is 20.6 Å². The number of fused-ring (bicyclic) bond motifs is 1. The zero-order valence-corrected chi connectivity index (χ0v) is 12.9. The number of nitrogen functional groups attached to an aromatic ring is 1. The van der Waals surface area contributed by atoms with E-state index in [0.29, 0.717) is 22.6 Å². The number of piperidine rings is 1. The molecule has 0 amide bonds. The molecule has 1 aromatic carbocycles. The van der Waals surface area contributed by atoms with Crippen LogP contribution in [0.25, 0.3) is 22.3 Å². The lowest BCUT2D eigenvalue weighted by molar-refractivity contribution is 0.352. The van der Waals surface area contributed by atoms with Crippen LogP contribution in [0.1, 0.15) is 18.9 Å². The van der Waals surface area contributed by atoms with E-state index < -0.39 is 5.82 Å². The molecule has 1 aliphatic rings. The highest BCUT2D eigenvalue weighted by molar-refractivity contribution is 5.87. The Morgan fingerprint density at radius 2 is 2.00 bits per heavy atom. The molecule has 4 N–H and O–H groups in total. The highest BCUT2D eigenvalue weighted by Gasteiger charge is 2.21. The summed E-state index contributed by atoms with van der Waals surface area (Å²) in [4.78, 5) is 0. The van der Waals surface area contributed by atoms with Gasteiger partial charge in [-0.25, -0.2) is 4.39 Å². The number of hydrogen-bond donors (Lipinski definition) is 3. The number of phenols is 1. The summed E-state index contributed by atoms with van der Waals surface area (Å²) in [6.45, 7) is 1.84. The van der Waals surface area contributed by atoms with Gasteiger partial charge in [-0.15, -0.1) is 10.2 Å². The summed E-state index contributed by atoms with van der Waals surface area (Å²) in [5, 5.41) is 25.9. The van der Waals surface area contributed by atoms with Gasteiger partial charge in [0.05, 0.1) is 17.3 Å². The van der Waals surface area contributed by atoms with Crippen molar-refractivity contribution in [1.82, 2.24) is 25.3 Å². The maximum atomic E-state index is 13.5. The molecule has 1 aliphatic heterocycles. The van der Waals surface area contributed by atoms with Crippen molar-refractivity contribution in [3.05, 3.63) is 30.1 Å². The zero-order chi connectivity index (χ0) is 16.7. The molecule has 4 rings (SSSR count). The molecule has 7 nitrogen and oxygen atoms in total. The van der Waals surface area contributed by atoms with Crippen LogP contribution in [0.2, 0.25) is 0 Å². The fraction of sp³-hybridized carbons (Fsp3) is 0.312. The number of anilines is 1. The van der Waals surface area contributed by atoms with Gasteiger partial charge in [-0.05, 0) is 50.2 Å². The Kier molecular flexibility index (Phi) is 3.53. The van der Waals surface area contributed by atoms with Gasteiger partial charge in [0.1, 0.15) is 11.6 Å². The molecule has 0 unspecified atom stereocenters. The Balaban J connectivity index is 1.86. The highest BCUT2D eigenvalue weighted by atomic mass is 19.1. The molecule has 1 saturated heterocycles. The lowest BCUT2D eigenvalue weighted by Crippen LogP contribution is -2.29. The van der Waals surface area contributed by atoms with E-state index >= 15 is 0 Å². The van der Waals surface area contributed by atoms with Gasteiger partial charge in [0.25, 0.3) is 0 Å². The smallest absolute Gasteiger partial charge is 0.174 e. The molecule has 0 saturated carbocycles. The van der Waals surface area contributed by atoms with Gasteiger partial charge in [-0.2, -0.15) is 5.10 Å². The zero-order valence-electron chi connectivity index (χ0n) is 12.9. The fourth-order valence-electron chi connectivity index (χ4n) is 3.13. The van der Waals surface area contributed by atoms with E-state index in [-0.39, 0.29) is 11.8 Å². The predicted octanol–water partition coefficient (Wildman–Crippen LogP) is 1.84. The molecule has 8 heteroatoms. The minimum atomic E-state index is -0.448. The van der Waals surface area contributed by atoms with Crippen LogP contribution in [-0.2, 0) is 0 Å². The van der Waals surface area contributed by atoms with Crippen molar-refractivity contribution in [3.8, 4) is 17.0 Å². The van der Waals surface area contributed by atoms with Gasteiger partial charge in [0, 0.05) is 5.56 Å². The van der Waals surface area contributed by atoms with Crippen molar-refractivity contribution in [2.45, 2.75) is 18.9 Å². The van der Waals surface area contributed by atoms with Crippen molar-refractivity contribution >= 4 is 16.9 Å². The molecule has 1 fully saturated rings. The summed E-state index contributed by atoms with van der Waals surface area (Å²) in [6, 6.07) is 5.71. The van der Waals surface area contributed by atoms with Crippen LogP contribution in [0.4, 0.5) is 10.2 Å². The number of phenolic OH excluding ortho intramolecular Hbond substituents is 1. The highest BCUT2D eigenvalue weighted by Crippen LogP contribution is 2.32. The minimum absolute atomic E-state index is 0.0500. The molecule has 124 valence electrons. The summed E-state index contributed by atoms with van der Waals surface area (Å²) in [6.07, 6.45) is 1.89. The van der Waals surface area contributed by atoms with Crippen molar-refractivity contribution in [1.29, 1.82) is 0 Å². The van der Waals surface area contributed by atoms with Crippen molar-refractivity contribution in [3.63, 3.8) is 0 Å². The molecular formula is C16H17FN6O. The van der Waals surface area contributed by atoms with Crippen LogP contribution in [0, 0.1) is 5.82 Å². The summed E-state index contributed by atoms with van der Waals surface area (Å²) in [5.74, 6) is -0.173. The molecule has 0 aliphatic carbocycles. The Morgan fingerprint density at radius 1 is 1.21 bits per heavy atom. The second kappa shape index (κ2) is 5.72. The lowest BCUT2D eigenvalue weighted by Gasteiger charge is -2.23. The Labute approximate surface area is 137 Å². The van der Waals surface area contributed by atoms with Crippen LogP contribution >= 0.6 is 0 Å². The predicted molar refractivity (Wildman–Crippen MR) is 87.9 cm³/mol. The minimum Gasteiger partial charge on any atom is -0.507 e. The van der Waals surface area contributed by atoms with Crippen LogP contribution < -0.4 is 11.1 Å². The van der Waals surface area contributed by atoms with Gasteiger partial charge in [-0.1, -0.05) is 0 Å². The number of hydrogen-bond acceptors (Lipinski definition) is 6. The number of rotatable bonds is 2. The van der Waals surface area contributed by atoms with Gasteiger partial charge in [-0.3, -0.25) is 4.68 Å². The van der Waals surface area contributed by atoms with E-state index in [0.717, 1.165) is 31.4 Å². The Morgan fingerprint density at radius 3 is 2.79 bits per heavy atom. The number of nitrogens with zero attached hydrogens (tertiary/aromatic N) is 4. The topological polar surface area (TPSA) is 102 Å². The molecule has 0 spiro atoms. The normalized spacial score (nSPS) is 15.9. The van der Waals surface area contributed by atoms with Crippen LogP contribution in [-0.4, -0.2) is 38.2 Å². The number of benzene rings is 1. The fourth-order valence-corrected chi connectivity index (χ4v) is 3.13. The molecule has 24 heavy (non-hydrogen) atoms. The second-order valence-corrected chi connectivity index (χ2v) is 5.94. The van der Waals surface area contributed by atoms with Gasteiger partial charge in [0.2, 0.25) is 0 Å². The number of nitrogens with two attached hydrogens (primary N) is 1. The third-order valence-electron chi connectivity index (χ3n) is 4.37. The van der Waals surface area contributed by atoms with E-state index in [9.17, 15) is 9.50 Å². The van der Waals surface area contributed by atoms with Crippen molar-refractivity contribution in [2.75, 3.05) is 18.8 Å². The first kappa shape index (κ1) is 14.8. The lowest BCUT2D eigenvalue weighted by atomic mass is 10.1. The maximum absolute atomic E-state index is 13.5. The molecule has 2 aromatic heterocycles. The van der Waals surface area contributed by atoms with E-state index in [4.69, 9.17) is 5.73 Å². The quantitative estimate of drug-likeness (QED) is 0.663. The first-order chi connectivity index (χ1) is 11.6. The van der Waals surface area contributed by atoms with E-state index in [1.807, 2.05) is 4.68 Å². The molecule has 0 bridgehead atoms. The summed E-state index contributed by atoms with van der Waals surface area (Å²) in [5.41, 5.74) is 7.91. The number of aromatic nitrogens is 4. The summed E-state index contributed by atoms with van der Waals surface area (Å²) < 4.78 is 15.4. The monoisotopic (exact) mass is 328 g/mol. The molecule has 0 atom stereocenters. The Hall–Kier alpha value is -2.74. The Bertz CT molecular complexity index is 903. The van der Waals surface area contributed by atoms with Gasteiger partial charge in [0.15, 0.2) is 11.3 Å². The molecule has 3 heterocycles.